The van der Waals surface area contributed by atoms with Crippen molar-refractivity contribution in [1.82, 2.24) is 10.3 Å². The summed E-state index contributed by atoms with van der Waals surface area (Å²) in [5, 5.41) is 15.3. The van der Waals surface area contributed by atoms with Crippen LogP contribution in [0.15, 0.2) is 48.5 Å². The molecule has 0 fully saturated rings. The van der Waals surface area contributed by atoms with Gasteiger partial charge in [-0.2, -0.15) is 0 Å². The first-order chi connectivity index (χ1) is 10.8. The normalized spacial score (nSPS) is 10.6. The quantitative estimate of drug-likeness (QED) is 0.693. The Bertz CT molecular complexity index is 768. The summed E-state index contributed by atoms with van der Waals surface area (Å²) in [6.45, 7) is 0.310. The van der Waals surface area contributed by atoms with Gasteiger partial charge in [0.05, 0.1) is 16.8 Å². The maximum absolute atomic E-state index is 11.9. The molecule has 1 heterocycles. The average molecular weight is 313 g/mol. The predicted octanol–water partition coefficient (Wildman–Crippen LogP) is 3.11. The summed E-state index contributed by atoms with van der Waals surface area (Å²) in [6, 6.07) is 14.9. The molecule has 0 spiro atoms. The summed E-state index contributed by atoms with van der Waals surface area (Å²) in [4.78, 5) is 16.3. The van der Waals surface area contributed by atoms with Gasteiger partial charge in [0.1, 0.15) is 0 Å². The van der Waals surface area contributed by atoms with Crippen LogP contribution in [-0.2, 0) is 13.2 Å². The van der Waals surface area contributed by atoms with Crippen LogP contribution in [0.1, 0.15) is 11.1 Å². The van der Waals surface area contributed by atoms with Gasteiger partial charge < -0.3 is 10.4 Å². The van der Waals surface area contributed by atoms with Crippen LogP contribution in [0.5, 0.6) is 0 Å². The molecular weight excluding hydrogens is 298 g/mol. The molecule has 0 saturated carbocycles. The van der Waals surface area contributed by atoms with Crippen molar-refractivity contribution in [2.45, 2.75) is 13.2 Å². The number of fused-ring (bicyclic) bond motifs is 1. The Kier molecular flexibility index (Phi) is 4.32. The fourth-order valence-electron chi connectivity index (χ4n) is 2.13. The fourth-order valence-corrected chi connectivity index (χ4v) is 2.99. The molecule has 3 rings (SSSR count). The van der Waals surface area contributed by atoms with Gasteiger partial charge in [0.25, 0.3) is 0 Å². The Hall–Kier alpha value is -2.44. The monoisotopic (exact) mass is 313 g/mol. The van der Waals surface area contributed by atoms with Crippen LogP contribution < -0.4 is 10.6 Å². The number of para-hydroxylation sites is 1. The first-order valence-electron chi connectivity index (χ1n) is 6.84. The summed E-state index contributed by atoms with van der Waals surface area (Å²) < 4.78 is 1.03. The van der Waals surface area contributed by atoms with E-state index in [0.717, 1.165) is 21.3 Å². The number of nitrogens with zero attached hydrogens (tertiary/aromatic N) is 1. The minimum Gasteiger partial charge on any atom is -0.392 e. The Morgan fingerprint density at radius 2 is 1.82 bits per heavy atom. The number of aromatic nitrogens is 1. The van der Waals surface area contributed by atoms with E-state index in [1.165, 1.54) is 11.3 Å². The molecule has 2 aromatic carbocycles. The molecule has 0 bridgehead atoms. The second-order valence-corrected chi connectivity index (χ2v) is 5.75. The van der Waals surface area contributed by atoms with E-state index in [2.05, 4.69) is 15.6 Å². The zero-order valence-corrected chi connectivity index (χ0v) is 12.6. The van der Waals surface area contributed by atoms with Crippen LogP contribution in [0.4, 0.5) is 9.93 Å². The van der Waals surface area contributed by atoms with E-state index in [9.17, 15) is 9.90 Å². The van der Waals surface area contributed by atoms with E-state index in [1.54, 1.807) is 0 Å². The van der Waals surface area contributed by atoms with E-state index in [4.69, 9.17) is 0 Å². The highest BCUT2D eigenvalue weighted by atomic mass is 32.1. The SMILES string of the molecule is O=C(NCc1ccccc1CO)Nc1nc2ccccc2s1. The number of hydrogen-bond acceptors (Lipinski definition) is 4. The van der Waals surface area contributed by atoms with Crippen LogP contribution in [0.2, 0.25) is 0 Å². The maximum atomic E-state index is 11.9. The lowest BCUT2D eigenvalue weighted by molar-refractivity contribution is 0.251. The predicted molar refractivity (Wildman–Crippen MR) is 87.8 cm³/mol. The lowest BCUT2D eigenvalue weighted by atomic mass is 10.1. The van der Waals surface area contributed by atoms with Gasteiger partial charge >= 0.3 is 6.03 Å². The molecule has 1 aromatic heterocycles. The Balaban J connectivity index is 1.62. The third kappa shape index (κ3) is 3.24. The van der Waals surface area contributed by atoms with Gasteiger partial charge in [-0.25, -0.2) is 9.78 Å². The number of urea groups is 1. The van der Waals surface area contributed by atoms with Crippen molar-refractivity contribution in [3.8, 4) is 0 Å². The summed E-state index contributed by atoms with van der Waals surface area (Å²) in [5.41, 5.74) is 2.57. The second kappa shape index (κ2) is 6.55. The molecule has 3 aromatic rings. The van der Waals surface area contributed by atoms with Crippen molar-refractivity contribution < 1.29 is 9.90 Å². The van der Waals surface area contributed by atoms with Crippen molar-refractivity contribution in [2.75, 3.05) is 5.32 Å². The zero-order valence-electron chi connectivity index (χ0n) is 11.7. The van der Waals surface area contributed by atoms with Crippen LogP contribution in [0.25, 0.3) is 10.2 Å². The van der Waals surface area contributed by atoms with Crippen LogP contribution in [-0.4, -0.2) is 16.1 Å². The molecule has 0 radical (unpaired) electrons. The number of amides is 2. The Morgan fingerprint density at radius 3 is 2.59 bits per heavy atom. The van der Waals surface area contributed by atoms with Gasteiger partial charge in [-0.15, -0.1) is 0 Å². The minimum atomic E-state index is -0.313. The van der Waals surface area contributed by atoms with E-state index >= 15 is 0 Å². The lowest BCUT2D eigenvalue weighted by Crippen LogP contribution is -2.28. The van der Waals surface area contributed by atoms with Crippen molar-refractivity contribution in [1.29, 1.82) is 0 Å². The number of aliphatic hydroxyl groups is 1. The number of thiazole rings is 1. The fraction of sp³-hybridized carbons (Fsp3) is 0.125. The molecule has 0 unspecified atom stereocenters. The van der Waals surface area contributed by atoms with Crippen LogP contribution in [0, 0.1) is 0 Å². The highest BCUT2D eigenvalue weighted by Crippen LogP contribution is 2.25. The van der Waals surface area contributed by atoms with Gasteiger partial charge in [0, 0.05) is 6.54 Å². The number of carbonyl (C=O) groups is 1. The smallest absolute Gasteiger partial charge is 0.321 e. The molecule has 0 aliphatic rings. The van der Waals surface area contributed by atoms with Gasteiger partial charge in [-0.05, 0) is 23.3 Å². The summed E-state index contributed by atoms with van der Waals surface area (Å²) >= 11 is 1.43. The third-order valence-electron chi connectivity index (χ3n) is 3.24. The third-order valence-corrected chi connectivity index (χ3v) is 4.19. The largest absolute Gasteiger partial charge is 0.392 e. The Labute approximate surface area is 131 Å². The minimum absolute atomic E-state index is 0.0443. The van der Waals surface area contributed by atoms with Crippen molar-refractivity contribution >= 4 is 32.7 Å². The number of carbonyl (C=O) groups excluding carboxylic acids is 1. The highest BCUT2D eigenvalue weighted by molar-refractivity contribution is 7.22. The van der Waals surface area contributed by atoms with Gasteiger partial charge in [0.2, 0.25) is 0 Å². The number of aliphatic hydroxyl groups excluding tert-OH is 1. The van der Waals surface area contributed by atoms with E-state index in [0.29, 0.717) is 11.7 Å². The summed E-state index contributed by atoms with van der Waals surface area (Å²) in [7, 11) is 0. The zero-order chi connectivity index (χ0) is 15.4. The molecular formula is C16H15N3O2S. The molecule has 22 heavy (non-hydrogen) atoms. The average Bonchev–Trinajstić information content (AvgIpc) is 2.95. The van der Waals surface area contributed by atoms with Gasteiger partial charge in [-0.1, -0.05) is 47.7 Å². The summed E-state index contributed by atoms with van der Waals surface area (Å²) in [5.74, 6) is 0. The van der Waals surface area contributed by atoms with E-state index in [-0.39, 0.29) is 12.6 Å². The van der Waals surface area contributed by atoms with Crippen molar-refractivity contribution in [2.24, 2.45) is 0 Å². The topological polar surface area (TPSA) is 74.2 Å². The number of anilines is 1. The molecule has 112 valence electrons. The highest BCUT2D eigenvalue weighted by Gasteiger charge is 2.08. The lowest BCUT2D eigenvalue weighted by Gasteiger charge is -2.08. The molecule has 0 aliphatic carbocycles. The Morgan fingerprint density at radius 1 is 1.09 bits per heavy atom. The van der Waals surface area contributed by atoms with Gasteiger partial charge in [0.15, 0.2) is 5.13 Å². The van der Waals surface area contributed by atoms with Crippen molar-refractivity contribution in [3.05, 3.63) is 59.7 Å². The number of rotatable bonds is 4. The van der Waals surface area contributed by atoms with E-state index < -0.39 is 0 Å². The van der Waals surface area contributed by atoms with E-state index in [1.807, 2.05) is 48.5 Å². The van der Waals surface area contributed by atoms with Crippen LogP contribution in [0.3, 0.4) is 0 Å². The molecule has 6 heteroatoms. The maximum Gasteiger partial charge on any atom is 0.321 e. The molecule has 0 atom stereocenters. The molecule has 2 amide bonds. The van der Waals surface area contributed by atoms with Crippen LogP contribution >= 0.6 is 11.3 Å². The molecule has 0 saturated heterocycles. The number of nitrogens with one attached hydrogen (secondary N) is 2. The number of hydrogen-bond donors (Lipinski definition) is 3. The molecule has 3 N–H and O–H groups in total. The first-order valence-corrected chi connectivity index (χ1v) is 7.66. The van der Waals surface area contributed by atoms with Gasteiger partial charge in [-0.3, -0.25) is 5.32 Å². The van der Waals surface area contributed by atoms with Crippen molar-refractivity contribution in [3.63, 3.8) is 0 Å². The number of benzene rings is 2. The standard InChI is InChI=1S/C16H15N3O2S/c20-10-12-6-2-1-5-11(12)9-17-15(21)19-16-18-13-7-3-4-8-14(13)22-16/h1-8,20H,9-10H2,(H2,17,18,19,21). The second-order valence-electron chi connectivity index (χ2n) is 4.72. The molecule has 0 aliphatic heterocycles. The first kappa shape index (κ1) is 14.5. The molecule has 5 nitrogen and oxygen atoms in total. The summed E-state index contributed by atoms with van der Waals surface area (Å²) in [6.07, 6.45) is 0.